The van der Waals surface area contributed by atoms with Crippen molar-refractivity contribution >= 4 is 17.5 Å². The highest BCUT2D eigenvalue weighted by atomic mass is 35.5. The average molecular weight is 389 g/mol. The van der Waals surface area contributed by atoms with Gasteiger partial charge in [-0.15, -0.1) is 0 Å². The van der Waals surface area contributed by atoms with Gasteiger partial charge in [-0.2, -0.15) is 9.78 Å². The van der Waals surface area contributed by atoms with Gasteiger partial charge < -0.3 is 5.32 Å². The molecule has 0 saturated heterocycles. The summed E-state index contributed by atoms with van der Waals surface area (Å²) in [4.78, 5) is 37.5. The smallest absolute Gasteiger partial charge is 0.349 e. The third-order valence-electron chi connectivity index (χ3n) is 3.76. The summed E-state index contributed by atoms with van der Waals surface area (Å²) >= 11 is 6.09. The number of H-pyrrole nitrogens is 1. The van der Waals surface area contributed by atoms with Crippen molar-refractivity contribution in [3.63, 3.8) is 0 Å². The zero-order valence-corrected chi connectivity index (χ0v) is 14.7. The molecule has 1 aromatic heterocycles. The van der Waals surface area contributed by atoms with Crippen LogP contribution in [0.2, 0.25) is 5.02 Å². The first-order valence-electron chi connectivity index (χ1n) is 7.95. The van der Waals surface area contributed by atoms with Crippen molar-refractivity contribution in [1.82, 2.24) is 20.1 Å². The Balaban J connectivity index is 1.75. The quantitative estimate of drug-likeness (QED) is 0.695. The van der Waals surface area contributed by atoms with Gasteiger partial charge in [-0.1, -0.05) is 23.7 Å². The molecule has 0 radical (unpaired) electrons. The fourth-order valence-corrected chi connectivity index (χ4v) is 2.63. The molecule has 9 heteroatoms. The van der Waals surface area contributed by atoms with E-state index in [4.69, 9.17) is 11.6 Å². The predicted octanol–water partition coefficient (Wildman–Crippen LogP) is 1.69. The van der Waals surface area contributed by atoms with Gasteiger partial charge in [0.05, 0.1) is 16.3 Å². The van der Waals surface area contributed by atoms with Crippen LogP contribution in [0.4, 0.5) is 4.39 Å². The molecule has 0 aliphatic carbocycles. The van der Waals surface area contributed by atoms with E-state index in [-0.39, 0.29) is 22.1 Å². The lowest BCUT2D eigenvalue weighted by atomic mass is 10.1. The average Bonchev–Trinajstić information content (AvgIpc) is 2.64. The van der Waals surface area contributed by atoms with Crippen LogP contribution in [0.3, 0.4) is 0 Å². The second kappa shape index (κ2) is 7.96. The molecule has 2 N–H and O–H groups in total. The minimum absolute atomic E-state index is 0.160. The number of carbonyl (C=O) groups is 1. The fraction of sp³-hybridized carbons (Fsp3) is 0.111. The first-order valence-corrected chi connectivity index (χ1v) is 8.33. The summed E-state index contributed by atoms with van der Waals surface area (Å²) < 4.78 is 13.8. The molecule has 27 heavy (non-hydrogen) atoms. The highest BCUT2D eigenvalue weighted by molar-refractivity contribution is 6.33. The van der Waals surface area contributed by atoms with Crippen LogP contribution < -0.4 is 16.6 Å². The molecular formula is C18H14ClFN4O3. The van der Waals surface area contributed by atoms with Crippen LogP contribution in [-0.4, -0.2) is 27.2 Å². The van der Waals surface area contributed by atoms with Crippen LogP contribution in [0, 0.1) is 5.82 Å². The number of carbonyl (C=O) groups excluding carboxylic acids is 1. The highest BCUT2D eigenvalue weighted by Crippen LogP contribution is 2.19. The zero-order chi connectivity index (χ0) is 19.4. The number of halogens is 2. The SMILES string of the molecule is O=C(NCCc1ccc(F)cc1)c1cc(-n2ncc(=O)[nH]c2=O)ccc1Cl. The van der Waals surface area contributed by atoms with Crippen LogP contribution in [0.5, 0.6) is 0 Å². The second-order valence-electron chi connectivity index (χ2n) is 5.65. The molecule has 0 atom stereocenters. The van der Waals surface area contributed by atoms with Crippen molar-refractivity contribution < 1.29 is 9.18 Å². The first-order chi connectivity index (χ1) is 12.9. The molecule has 3 aromatic rings. The van der Waals surface area contributed by atoms with E-state index in [9.17, 15) is 18.8 Å². The Morgan fingerprint density at radius 1 is 1.19 bits per heavy atom. The molecule has 0 fully saturated rings. The van der Waals surface area contributed by atoms with E-state index in [1.54, 1.807) is 12.1 Å². The Morgan fingerprint density at radius 3 is 2.63 bits per heavy atom. The topological polar surface area (TPSA) is 96.8 Å². The zero-order valence-electron chi connectivity index (χ0n) is 13.9. The predicted molar refractivity (Wildman–Crippen MR) is 97.9 cm³/mol. The lowest BCUT2D eigenvalue weighted by molar-refractivity contribution is 0.0954. The number of amides is 1. The molecule has 0 aliphatic rings. The number of hydrogen-bond acceptors (Lipinski definition) is 4. The maximum atomic E-state index is 12.9. The standard InChI is InChI=1S/C18H14ClFN4O3/c19-15-6-5-13(24-18(27)23-16(25)10-22-24)9-14(15)17(26)21-8-7-11-1-3-12(20)4-2-11/h1-6,9-10H,7-8H2,(H,21,26)(H,23,25,27). The molecule has 3 rings (SSSR count). The summed E-state index contributed by atoms with van der Waals surface area (Å²) in [5.74, 6) is -0.751. The van der Waals surface area contributed by atoms with Crippen LogP contribution >= 0.6 is 11.6 Å². The van der Waals surface area contributed by atoms with E-state index < -0.39 is 17.2 Å². The van der Waals surface area contributed by atoms with Crippen molar-refractivity contribution in [3.8, 4) is 5.69 Å². The van der Waals surface area contributed by atoms with E-state index >= 15 is 0 Å². The molecule has 138 valence electrons. The summed E-state index contributed by atoms with van der Waals surface area (Å²) in [5, 5.41) is 6.67. The summed E-state index contributed by atoms with van der Waals surface area (Å²) in [6.45, 7) is 0.321. The summed E-state index contributed by atoms with van der Waals surface area (Å²) in [6, 6.07) is 10.4. The minimum atomic E-state index is -0.729. The molecule has 7 nitrogen and oxygen atoms in total. The molecule has 0 aliphatic heterocycles. The van der Waals surface area contributed by atoms with Crippen LogP contribution in [0.15, 0.2) is 58.3 Å². The number of rotatable bonds is 5. The Hall–Kier alpha value is -3.26. The van der Waals surface area contributed by atoms with E-state index in [0.29, 0.717) is 13.0 Å². The van der Waals surface area contributed by atoms with Gasteiger partial charge in [0.2, 0.25) is 0 Å². The Bertz CT molecular complexity index is 1090. The van der Waals surface area contributed by atoms with Gasteiger partial charge in [0.1, 0.15) is 12.0 Å². The molecule has 2 aromatic carbocycles. The number of hydrogen-bond donors (Lipinski definition) is 2. The molecule has 1 amide bonds. The van der Waals surface area contributed by atoms with Gasteiger partial charge in [0.25, 0.3) is 11.5 Å². The lowest BCUT2D eigenvalue weighted by Crippen LogP contribution is -2.31. The van der Waals surface area contributed by atoms with Crippen LogP contribution in [0.25, 0.3) is 5.69 Å². The van der Waals surface area contributed by atoms with Crippen molar-refractivity contribution in [1.29, 1.82) is 0 Å². The molecule has 1 heterocycles. The number of nitrogens with one attached hydrogen (secondary N) is 2. The van der Waals surface area contributed by atoms with Crippen molar-refractivity contribution in [3.05, 3.63) is 91.5 Å². The van der Waals surface area contributed by atoms with Gasteiger partial charge in [0, 0.05) is 6.54 Å². The number of benzene rings is 2. The highest BCUT2D eigenvalue weighted by Gasteiger charge is 2.13. The third-order valence-corrected chi connectivity index (χ3v) is 4.09. The molecule has 0 unspecified atom stereocenters. The maximum absolute atomic E-state index is 12.9. The van der Waals surface area contributed by atoms with Crippen molar-refractivity contribution in [2.75, 3.05) is 6.54 Å². The van der Waals surface area contributed by atoms with E-state index in [0.717, 1.165) is 16.4 Å². The van der Waals surface area contributed by atoms with E-state index in [1.165, 1.54) is 30.3 Å². The second-order valence-corrected chi connectivity index (χ2v) is 6.05. The Morgan fingerprint density at radius 2 is 1.93 bits per heavy atom. The minimum Gasteiger partial charge on any atom is -0.352 e. The maximum Gasteiger partial charge on any atom is 0.349 e. The van der Waals surface area contributed by atoms with Crippen LogP contribution in [0.1, 0.15) is 15.9 Å². The lowest BCUT2D eigenvalue weighted by Gasteiger charge is -2.09. The Kier molecular flexibility index (Phi) is 5.46. The first kappa shape index (κ1) is 18.5. The van der Waals surface area contributed by atoms with Gasteiger partial charge >= 0.3 is 5.69 Å². The fourth-order valence-electron chi connectivity index (χ4n) is 2.42. The molecule has 0 saturated carbocycles. The van der Waals surface area contributed by atoms with Gasteiger partial charge in [-0.05, 0) is 42.3 Å². The van der Waals surface area contributed by atoms with Gasteiger partial charge in [-0.3, -0.25) is 14.6 Å². The van der Waals surface area contributed by atoms with E-state index in [2.05, 4.69) is 15.4 Å². The van der Waals surface area contributed by atoms with Crippen molar-refractivity contribution in [2.45, 2.75) is 6.42 Å². The molecular weight excluding hydrogens is 375 g/mol. The third kappa shape index (κ3) is 4.48. The molecule has 0 spiro atoms. The molecule has 0 bridgehead atoms. The largest absolute Gasteiger partial charge is 0.352 e. The monoisotopic (exact) mass is 388 g/mol. The van der Waals surface area contributed by atoms with Gasteiger partial charge in [0.15, 0.2) is 0 Å². The summed E-state index contributed by atoms with van der Waals surface area (Å²) in [5.41, 5.74) is -0.0329. The van der Waals surface area contributed by atoms with Crippen LogP contribution in [-0.2, 0) is 6.42 Å². The Labute approximate surface area is 157 Å². The summed E-state index contributed by atoms with van der Waals surface area (Å²) in [6.07, 6.45) is 1.47. The summed E-state index contributed by atoms with van der Waals surface area (Å²) in [7, 11) is 0. The normalized spacial score (nSPS) is 10.6. The number of aromatic nitrogens is 3. The van der Waals surface area contributed by atoms with E-state index in [1.807, 2.05) is 0 Å². The van der Waals surface area contributed by atoms with Crippen molar-refractivity contribution in [2.24, 2.45) is 0 Å². The van der Waals surface area contributed by atoms with Gasteiger partial charge in [-0.25, -0.2) is 9.18 Å². The number of aromatic amines is 1. The number of nitrogens with zero attached hydrogens (tertiary/aromatic N) is 2.